The third kappa shape index (κ3) is 4.59. The Labute approximate surface area is 180 Å². The van der Waals surface area contributed by atoms with Crippen LogP contribution < -0.4 is 4.90 Å². The Hall–Kier alpha value is -3.65. The van der Waals surface area contributed by atoms with E-state index in [2.05, 4.69) is 0 Å². The summed E-state index contributed by atoms with van der Waals surface area (Å²) in [6, 6.07) is 14.7. The molecule has 0 spiro atoms. The first-order chi connectivity index (χ1) is 14.9. The first-order valence-corrected chi connectivity index (χ1v) is 9.54. The number of hydrogen-bond donors (Lipinski definition) is 0. The second kappa shape index (κ2) is 9.44. The number of hydrogen-bond acceptors (Lipinski definition) is 7. The standard InChI is InChI=1S/C23H24N2O6/c1-24(2)21(26)17-7-5-15(6-8-17)16-9-11-18(12-10-16)25-14-31-13-19(22(27)29-3)20(25)23(28)30-4/h5-12H,13-14H2,1-4H3. The second-order valence-corrected chi connectivity index (χ2v) is 7.04. The number of carbonyl (C=O) groups excluding carboxylic acids is 3. The molecule has 1 heterocycles. The van der Waals surface area contributed by atoms with Crippen LogP contribution in [0.5, 0.6) is 0 Å². The zero-order valence-corrected chi connectivity index (χ0v) is 17.9. The lowest BCUT2D eigenvalue weighted by Gasteiger charge is -2.31. The monoisotopic (exact) mass is 424 g/mol. The van der Waals surface area contributed by atoms with Gasteiger partial charge in [0.25, 0.3) is 5.91 Å². The van der Waals surface area contributed by atoms with Crippen LogP contribution in [-0.2, 0) is 23.8 Å². The lowest BCUT2D eigenvalue weighted by molar-refractivity contribution is -0.140. The van der Waals surface area contributed by atoms with Crippen LogP contribution in [0.2, 0.25) is 0 Å². The molecule has 0 fully saturated rings. The number of nitrogens with zero attached hydrogens (tertiary/aromatic N) is 2. The van der Waals surface area contributed by atoms with Crippen molar-refractivity contribution in [3.05, 3.63) is 65.4 Å². The van der Waals surface area contributed by atoms with Gasteiger partial charge in [-0.15, -0.1) is 0 Å². The summed E-state index contributed by atoms with van der Waals surface area (Å²) in [5.74, 6) is -1.35. The molecule has 3 rings (SSSR count). The molecule has 0 aromatic heterocycles. The molecule has 0 unspecified atom stereocenters. The lowest BCUT2D eigenvalue weighted by atomic mass is 10.0. The van der Waals surface area contributed by atoms with Gasteiger partial charge in [0.05, 0.1) is 26.4 Å². The van der Waals surface area contributed by atoms with E-state index in [4.69, 9.17) is 14.2 Å². The van der Waals surface area contributed by atoms with Gasteiger partial charge in [0.15, 0.2) is 0 Å². The Balaban J connectivity index is 1.90. The van der Waals surface area contributed by atoms with Gasteiger partial charge < -0.3 is 24.0 Å². The van der Waals surface area contributed by atoms with Crippen molar-refractivity contribution in [2.24, 2.45) is 0 Å². The highest BCUT2D eigenvalue weighted by Gasteiger charge is 2.32. The van der Waals surface area contributed by atoms with E-state index in [1.807, 2.05) is 36.4 Å². The van der Waals surface area contributed by atoms with Crippen LogP contribution in [0.15, 0.2) is 59.8 Å². The fraction of sp³-hybridized carbons (Fsp3) is 0.261. The normalized spacial score (nSPS) is 13.6. The molecule has 1 aliphatic rings. The number of esters is 2. The molecule has 8 heteroatoms. The number of anilines is 1. The van der Waals surface area contributed by atoms with E-state index >= 15 is 0 Å². The molecule has 0 N–H and O–H groups in total. The molecule has 0 radical (unpaired) electrons. The van der Waals surface area contributed by atoms with E-state index in [-0.39, 0.29) is 30.5 Å². The van der Waals surface area contributed by atoms with Crippen LogP contribution >= 0.6 is 0 Å². The number of rotatable bonds is 5. The molecule has 0 atom stereocenters. The number of amides is 1. The summed E-state index contributed by atoms with van der Waals surface area (Å²) in [7, 11) is 5.92. The zero-order valence-electron chi connectivity index (χ0n) is 17.9. The van der Waals surface area contributed by atoms with Gasteiger partial charge in [0.1, 0.15) is 12.4 Å². The molecule has 2 aromatic carbocycles. The molecule has 0 saturated heterocycles. The van der Waals surface area contributed by atoms with Crippen molar-refractivity contribution in [3.63, 3.8) is 0 Å². The highest BCUT2D eigenvalue weighted by atomic mass is 16.5. The van der Waals surface area contributed by atoms with Gasteiger partial charge in [-0.3, -0.25) is 4.79 Å². The minimum absolute atomic E-state index is 0.0380. The van der Waals surface area contributed by atoms with Crippen molar-refractivity contribution in [2.75, 3.05) is 46.6 Å². The third-order valence-electron chi connectivity index (χ3n) is 4.88. The lowest BCUT2D eigenvalue weighted by Crippen LogP contribution is -2.38. The minimum Gasteiger partial charge on any atom is -0.466 e. The van der Waals surface area contributed by atoms with E-state index in [0.29, 0.717) is 11.3 Å². The number of methoxy groups -OCH3 is 2. The summed E-state index contributed by atoms with van der Waals surface area (Å²) in [6.45, 7) is 0.0509. The summed E-state index contributed by atoms with van der Waals surface area (Å²) in [5.41, 5.74) is 3.34. The summed E-state index contributed by atoms with van der Waals surface area (Å²) >= 11 is 0. The van der Waals surface area contributed by atoms with Crippen LogP contribution in [0.25, 0.3) is 11.1 Å². The van der Waals surface area contributed by atoms with E-state index in [1.165, 1.54) is 19.1 Å². The molecule has 2 aromatic rings. The number of ether oxygens (including phenoxy) is 3. The third-order valence-corrected chi connectivity index (χ3v) is 4.88. The van der Waals surface area contributed by atoms with Crippen molar-refractivity contribution < 1.29 is 28.6 Å². The van der Waals surface area contributed by atoms with E-state index in [1.54, 1.807) is 31.1 Å². The smallest absolute Gasteiger partial charge is 0.355 e. The van der Waals surface area contributed by atoms with Gasteiger partial charge in [0, 0.05) is 25.3 Å². The van der Waals surface area contributed by atoms with E-state index < -0.39 is 11.9 Å². The molecule has 0 saturated carbocycles. The topological polar surface area (TPSA) is 85.4 Å². The Morgan fingerprint density at radius 1 is 0.871 bits per heavy atom. The van der Waals surface area contributed by atoms with E-state index in [9.17, 15) is 14.4 Å². The molecule has 31 heavy (non-hydrogen) atoms. The first kappa shape index (κ1) is 22.0. The van der Waals surface area contributed by atoms with Crippen LogP contribution in [-0.4, -0.2) is 64.4 Å². The SMILES string of the molecule is COC(=O)C1=C(C(=O)OC)N(c2ccc(-c3ccc(C(=O)N(C)C)cc3)cc2)COC1. The van der Waals surface area contributed by atoms with Gasteiger partial charge in [-0.1, -0.05) is 24.3 Å². The Morgan fingerprint density at radius 2 is 1.42 bits per heavy atom. The van der Waals surface area contributed by atoms with Crippen molar-refractivity contribution in [1.29, 1.82) is 0 Å². The number of benzene rings is 2. The zero-order chi connectivity index (χ0) is 22.5. The maximum absolute atomic E-state index is 12.4. The Morgan fingerprint density at radius 3 is 1.94 bits per heavy atom. The maximum atomic E-state index is 12.4. The Bertz CT molecular complexity index is 1010. The molecular weight excluding hydrogens is 400 g/mol. The van der Waals surface area contributed by atoms with Crippen molar-refractivity contribution in [1.82, 2.24) is 4.90 Å². The van der Waals surface area contributed by atoms with Gasteiger partial charge >= 0.3 is 11.9 Å². The van der Waals surface area contributed by atoms with Crippen molar-refractivity contribution in [3.8, 4) is 11.1 Å². The summed E-state index contributed by atoms with van der Waals surface area (Å²) in [5, 5.41) is 0. The highest BCUT2D eigenvalue weighted by Crippen LogP contribution is 2.29. The Kier molecular flexibility index (Phi) is 6.71. The summed E-state index contributed by atoms with van der Waals surface area (Å²) in [6.07, 6.45) is 0. The summed E-state index contributed by atoms with van der Waals surface area (Å²) < 4.78 is 15.1. The van der Waals surface area contributed by atoms with Gasteiger partial charge in [-0.05, 0) is 35.4 Å². The largest absolute Gasteiger partial charge is 0.466 e. The van der Waals surface area contributed by atoms with Crippen LogP contribution in [0.4, 0.5) is 5.69 Å². The van der Waals surface area contributed by atoms with E-state index in [0.717, 1.165) is 11.1 Å². The average Bonchev–Trinajstić information content (AvgIpc) is 2.82. The number of carbonyl (C=O) groups is 3. The van der Waals surface area contributed by atoms with Gasteiger partial charge in [-0.2, -0.15) is 0 Å². The quantitative estimate of drug-likeness (QED) is 0.682. The fourth-order valence-electron chi connectivity index (χ4n) is 3.24. The van der Waals surface area contributed by atoms with Gasteiger partial charge in [-0.25, -0.2) is 9.59 Å². The van der Waals surface area contributed by atoms with Crippen molar-refractivity contribution in [2.45, 2.75) is 0 Å². The summed E-state index contributed by atoms with van der Waals surface area (Å²) in [4.78, 5) is 39.7. The molecule has 8 nitrogen and oxygen atoms in total. The molecule has 1 amide bonds. The van der Waals surface area contributed by atoms with Crippen molar-refractivity contribution >= 4 is 23.5 Å². The first-order valence-electron chi connectivity index (χ1n) is 9.54. The molecular formula is C23H24N2O6. The molecule has 0 aliphatic carbocycles. The van der Waals surface area contributed by atoms with Crippen LogP contribution in [0, 0.1) is 0 Å². The second-order valence-electron chi connectivity index (χ2n) is 7.04. The fourth-order valence-corrected chi connectivity index (χ4v) is 3.24. The predicted molar refractivity (Wildman–Crippen MR) is 114 cm³/mol. The van der Waals surface area contributed by atoms with Crippen LogP contribution in [0.3, 0.4) is 0 Å². The minimum atomic E-state index is -0.645. The average molecular weight is 424 g/mol. The van der Waals surface area contributed by atoms with Crippen LogP contribution in [0.1, 0.15) is 10.4 Å². The molecule has 0 bridgehead atoms. The maximum Gasteiger partial charge on any atom is 0.355 e. The molecule has 1 aliphatic heterocycles. The highest BCUT2D eigenvalue weighted by molar-refractivity contribution is 6.03. The molecule has 162 valence electrons. The van der Waals surface area contributed by atoms with Gasteiger partial charge in [0.2, 0.25) is 0 Å². The predicted octanol–water partition coefficient (Wildman–Crippen LogP) is 2.45.